The molecule has 1 aliphatic heterocycles. The van der Waals surface area contributed by atoms with Crippen LogP contribution in [0, 0.1) is 5.92 Å². The monoisotopic (exact) mass is 234 g/mol. The van der Waals surface area contributed by atoms with Crippen LogP contribution in [-0.4, -0.2) is 31.0 Å². The molecule has 1 heterocycles. The van der Waals surface area contributed by atoms with Crippen LogP contribution in [0.4, 0.5) is 5.69 Å². The van der Waals surface area contributed by atoms with E-state index >= 15 is 0 Å². The molecule has 1 amide bonds. The quantitative estimate of drug-likeness (QED) is 0.793. The molecule has 1 aromatic rings. The number of nitrogens with zero attached hydrogens (tertiary/aromatic N) is 1. The molecule has 0 aromatic heterocycles. The third-order valence-electron chi connectivity index (χ3n) is 3.19. The third-order valence-corrected chi connectivity index (χ3v) is 3.19. The molecule has 92 valence electrons. The summed E-state index contributed by atoms with van der Waals surface area (Å²) >= 11 is 0. The van der Waals surface area contributed by atoms with E-state index in [-0.39, 0.29) is 5.91 Å². The molecule has 0 bridgehead atoms. The van der Waals surface area contributed by atoms with Crippen LogP contribution in [0.15, 0.2) is 18.2 Å². The Morgan fingerprint density at radius 2 is 2.29 bits per heavy atom. The van der Waals surface area contributed by atoms with Crippen molar-refractivity contribution in [3.05, 3.63) is 23.8 Å². The zero-order valence-corrected chi connectivity index (χ0v) is 10.3. The molecule has 1 aliphatic rings. The van der Waals surface area contributed by atoms with E-state index in [2.05, 4.69) is 6.92 Å². The number of nitrogen functional groups attached to an aromatic ring is 1. The molecule has 0 radical (unpaired) electrons. The van der Waals surface area contributed by atoms with Crippen molar-refractivity contribution in [3.8, 4) is 5.75 Å². The number of likely N-dealkylation sites (tertiary alicyclic amines) is 1. The van der Waals surface area contributed by atoms with Gasteiger partial charge in [0, 0.05) is 18.7 Å². The van der Waals surface area contributed by atoms with Gasteiger partial charge >= 0.3 is 0 Å². The Balaban J connectivity index is 2.19. The Bertz CT molecular complexity index is 431. The van der Waals surface area contributed by atoms with Gasteiger partial charge in [-0.3, -0.25) is 4.79 Å². The van der Waals surface area contributed by atoms with E-state index in [1.165, 1.54) is 0 Å². The number of hydrogen-bond acceptors (Lipinski definition) is 3. The molecular weight excluding hydrogens is 216 g/mol. The van der Waals surface area contributed by atoms with E-state index in [0.29, 0.717) is 22.9 Å². The molecule has 2 N–H and O–H groups in total. The van der Waals surface area contributed by atoms with Gasteiger partial charge < -0.3 is 15.4 Å². The summed E-state index contributed by atoms with van der Waals surface area (Å²) in [5.74, 6) is 1.21. The van der Waals surface area contributed by atoms with Crippen LogP contribution in [0.5, 0.6) is 5.75 Å². The lowest BCUT2D eigenvalue weighted by molar-refractivity contribution is 0.0788. The summed E-state index contributed by atoms with van der Waals surface area (Å²) in [4.78, 5) is 14.1. The van der Waals surface area contributed by atoms with Crippen LogP contribution < -0.4 is 10.5 Å². The Labute approximate surface area is 101 Å². The zero-order valence-electron chi connectivity index (χ0n) is 10.3. The largest absolute Gasteiger partial charge is 0.495 e. The molecule has 1 aromatic carbocycles. The second-order valence-corrected chi connectivity index (χ2v) is 4.60. The molecule has 17 heavy (non-hydrogen) atoms. The maximum Gasteiger partial charge on any atom is 0.253 e. The van der Waals surface area contributed by atoms with Crippen molar-refractivity contribution >= 4 is 11.6 Å². The van der Waals surface area contributed by atoms with Gasteiger partial charge in [0.15, 0.2) is 0 Å². The number of carbonyl (C=O) groups is 1. The number of amides is 1. The van der Waals surface area contributed by atoms with Crippen molar-refractivity contribution in [2.24, 2.45) is 5.92 Å². The Morgan fingerprint density at radius 1 is 1.53 bits per heavy atom. The standard InChI is InChI=1S/C13H18N2O2/c1-9-5-6-15(8-9)13(16)10-3-4-11(14)12(7-10)17-2/h3-4,7,9H,5-6,8,14H2,1-2H3. The lowest BCUT2D eigenvalue weighted by Gasteiger charge is -2.16. The first-order valence-corrected chi connectivity index (χ1v) is 5.84. The minimum atomic E-state index is 0.0626. The van der Waals surface area contributed by atoms with E-state index < -0.39 is 0 Å². The lowest BCUT2D eigenvalue weighted by atomic mass is 10.1. The van der Waals surface area contributed by atoms with Crippen LogP contribution >= 0.6 is 0 Å². The van der Waals surface area contributed by atoms with Crippen molar-refractivity contribution in [2.45, 2.75) is 13.3 Å². The molecule has 1 atom stereocenters. The molecule has 1 saturated heterocycles. The number of rotatable bonds is 2. The van der Waals surface area contributed by atoms with E-state index in [4.69, 9.17) is 10.5 Å². The number of ether oxygens (including phenoxy) is 1. The highest BCUT2D eigenvalue weighted by atomic mass is 16.5. The number of nitrogens with two attached hydrogens (primary N) is 1. The fraction of sp³-hybridized carbons (Fsp3) is 0.462. The average Bonchev–Trinajstić information content (AvgIpc) is 2.75. The predicted octanol–water partition coefficient (Wildman–Crippen LogP) is 1.76. The van der Waals surface area contributed by atoms with Gasteiger partial charge in [0.05, 0.1) is 12.8 Å². The summed E-state index contributed by atoms with van der Waals surface area (Å²) in [5, 5.41) is 0. The second-order valence-electron chi connectivity index (χ2n) is 4.60. The van der Waals surface area contributed by atoms with Gasteiger partial charge in [0.25, 0.3) is 5.91 Å². The van der Waals surface area contributed by atoms with E-state index in [0.717, 1.165) is 19.5 Å². The molecule has 0 saturated carbocycles. The number of carbonyl (C=O) groups excluding carboxylic acids is 1. The lowest BCUT2D eigenvalue weighted by Crippen LogP contribution is -2.28. The van der Waals surface area contributed by atoms with Crippen LogP contribution in [0.3, 0.4) is 0 Å². The van der Waals surface area contributed by atoms with Gasteiger partial charge in [-0.2, -0.15) is 0 Å². The first-order chi connectivity index (χ1) is 8.11. The Morgan fingerprint density at radius 3 is 2.88 bits per heavy atom. The highest BCUT2D eigenvalue weighted by molar-refractivity contribution is 5.95. The molecule has 4 heteroatoms. The zero-order chi connectivity index (χ0) is 12.4. The van der Waals surface area contributed by atoms with E-state index in [1.54, 1.807) is 25.3 Å². The summed E-state index contributed by atoms with van der Waals surface area (Å²) in [6.45, 7) is 3.84. The third kappa shape index (κ3) is 2.35. The van der Waals surface area contributed by atoms with Crippen LogP contribution in [-0.2, 0) is 0 Å². The summed E-state index contributed by atoms with van der Waals surface area (Å²) < 4.78 is 5.12. The van der Waals surface area contributed by atoms with Gasteiger partial charge in [-0.1, -0.05) is 6.92 Å². The van der Waals surface area contributed by atoms with Gasteiger partial charge in [0.2, 0.25) is 0 Å². The number of methoxy groups -OCH3 is 1. The fourth-order valence-electron chi connectivity index (χ4n) is 2.15. The van der Waals surface area contributed by atoms with Crippen molar-refractivity contribution in [2.75, 3.05) is 25.9 Å². The van der Waals surface area contributed by atoms with Crippen molar-refractivity contribution < 1.29 is 9.53 Å². The van der Waals surface area contributed by atoms with Gasteiger partial charge in [-0.15, -0.1) is 0 Å². The molecule has 4 nitrogen and oxygen atoms in total. The second kappa shape index (κ2) is 4.65. The minimum absolute atomic E-state index is 0.0626. The summed E-state index contributed by atoms with van der Waals surface area (Å²) in [7, 11) is 1.55. The van der Waals surface area contributed by atoms with Crippen LogP contribution in [0.2, 0.25) is 0 Å². The maximum absolute atomic E-state index is 12.2. The summed E-state index contributed by atoms with van der Waals surface area (Å²) in [6, 6.07) is 5.18. The predicted molar refractivity (Wildman–Crippen MR) is 67.1 cm³/mol. The molecule has 0 spiro atoms. The first kappa shape index (κ1) is 11.8. The normalized spacial score (nSPS) is 19.4. The van der Waals surface area contributed by atoms with E-state index in [1.807, 2.05) is 4.90 Å². The number of benzene rings is 1. The van der Waals surface area contributed by atoms with Gasteiger partial charge in [0.1, 0.15) is 5.75 Å². The van der Waals surface area contributed by atoms with Crippen LogP contribution in [0.25, 0.3) is 0 Å². The smallest absolute Gasteiger partial charge is 0.253 e. The maximum atomic E-state index is 12.2. The molecular formula is C13H18N2O2. The van der Waals surface area contributed by atoms with Gasteiger partial charge in [-0.25, -0.2) is 0 Å². The number of anilines is 1. The molecule has 1 fully saturated rings. The van der Waals surface area contributed by atoms with E-state index in [9.17, 15) is 4.79 Å². The van der Waals surface area contributed by atoms with Crippen molar-refractivity contribution in [1.29, 1.82) is 0 Å². The van der Waals surface area contributed by atoms with Crippen molar-refractivity contribution in [1.82, 2.24) is 4.90 Å². The van der Waals surface area contributed by atoms with Gasteiger partial charge in [-0.05, 0) is 30.5 Å². The highest BCUT2D eigenvalue weighted by Crippen LogP contribution is 2.24. The molecule has 0 aliphatic carbocycles. The van der Waals surface area contributed by atoms with Crippen molar-refractivity contribution in [3.63, 3.8) is 0 Å². The van der Waals surface area contributed by atoms with Crippen LogP contribution in [0.1, 0.15) is 23.7 Å². The first-order valence-electron chi connectivity index (χ1n) is 5.84. The molecule has 1 unspecified atom stereocenters. The average molecular weight is 234 g/mol. The fourth-order valence-corrected chi connectivity index (χ4v) is 2.15. The number of hydrogen-bond donors (Lipinski definition) is 1. The summed E-state index contributed by atoms with van der Waals surface area (Å²) in [5.41, 5.74) is 6.92. The SMILES string of the molecule is COc1cc(C(=O)N2CCC(C)C2)ccc1N. The Kier molecular flexibility index (Phi) is 3.22. The topological polar surface area (TPSA) is 55.6 Å². The summed E-state index contributed by atoms with van der Waals surface area (Å²) in [6.07, 6.45) is 1.08. The molecule has 2 rings (SSSR count). The highest BCUT2D eigenvalue weighted by Gasteiger charge is 2.24. The Hall–Kier alpha value is -1.71. The minimum Gasteiger partial charge on any atom is -0.495 e.